The van der Waals surface area contributed by atoms with Crippen molar-refractivity contribution < 1.29 is 19.4 Å². The molecule has 0 bridgehead atoms. The highest BCUT2D eigenvalue weighted by molar-refractivity contribution is 7.90. The predicted octanol–water partition coefficient (Wildman–Crippen LogP) is 1.35. The lowest BCUT2D eigenvalue weighted by atomic mass is 10.1. The highest BCUT2D eigenvalue weighted by Crippen LogP contribution is 2.24. The van der Waals surface area contributed by atoms with E-state index < -0.39 is 9.84 Å². The first-order chi connectivity index (χ1) is 8.02. The Hall–Kier alpha value is -1.66. The van der Waals surface area contributed by atoms with Gasteiger partial charge in [-0.2, -0.15) is 0 Å². The van der Waals surface area contributed by atoms with Crippen LogP contribution in [0.3, 0.4) is 0 Å². The molecule has 90 valence electrons. The van der Waals surface area contributed by atoms with Crippen molar-refractivity contribution in [1.29, 1.82) is 0 Å². The summed E-state index contributed by atoms with van der Waals surface area (Å²) in [5.41, 5.74) is 1.11. The van der Waals surface area contributed by atoms with Crippen LogP contribution in [0.1, 0.15) is 7.12 Å². The van der Waals surface area contributed by atoms with Crippen LogP contribution < -0.4 is 0 Å². The van der Waals surface area contributed by atoms with E-state index in [0.717, 1.165) is 6.26 Å². The molecule has 1 N–H and O–H groups in total. The second-order valence-corrected chi connectivity index (χ2v) is 5.60. The molecule has 0 aliphatic carbocycles. The lowest BCUT2D eigenvalue weighted by Gasteiger charge is -2.01. The summed E-state index contributed by atoms with van der Waals surface area (Å²) in [6, 6.07) is 6.23. The largest absolute Gasteiger partial charge is 1.00 e. The average molecular weight is 254 g/mol. The fourth-order valence-corrected chi connectivity index (χ4v) is 2.10. The highest BCUT2D eigenvalue weighted by Gasteiger charge is 2.11. The minimum Gasteiger partial charge on any atom is -0.443 e. The van der Waals surface area contributed by atoms with Crippen molar-refractivity contribution in [3.05, 3.63) is 36.4 Å². The van der Waals surface area contributed by atoms with Crippen LogP contribution in [-0.4, -0.2) is 24.8 Å². The summed E-state index contributed by atoms with van der Waals surface area (Å²) in [5.74, 6) is 0.451. The third-order valence-electron chi connectivity index (χ3n) is 2.34. The minimum atomic E-state index is -3.20. The van der Waals surface area contributed by atoms with Crippen LogP contribution >= 0.6 is 0 Å². The van der Waals surface area contributed by atoms with E-state index in [1.807, 2.05) is 0 Å². The smallest absolute Gasteiger partial charge is 0.443 e. The SMILES string of the molecule is CS(=O)(=O)c1ccc(-c2ocnc2CO)cc1.[H+]. The molecule has 5 nitrogen and oxygen atoms in total. The molecule has 1 aromatic heterocycles. The third-order valence-corrected chi connectivity index (χ3v) is 3.46. The second-order valence-electron chi connectivity index (χ2n) is 3.58. The van der Waals surface area contributed by atoms with E-state index in [4.69, 9.17) is 9.52 Å². The zero-order chi connectivity index (χ0) is 12.5. The Bertz CT molecular complexity index is 619. The van der Waals surface area contributed by atoms with Gasteiger partial charge in [-0.25, -0.2) is 13.4 Å². The maximum absolute atomic E-state index is 11.3. The van der Waals surface area contributed by atoms with Crippen molar-refractivity contribution in [1.82, 2.24) is 4.98 Å². The van der Waals surface area contributed by atoms with Gasteiger partial charge < -0.3 is 9.52 Å². The van der Waals surface area contributed by atoms with Crippen LogP contribution in [0.25, 0.3) is 11.3 Å². The predicted molar refractivity (Wildman–Crippen MR) is 62.1 cm³/mol. The van der Waals surface area contributed by atoms with Gasteiger partial charge in [0, 0.05) is 11.8 Å². The molecule has 2 aromatic rings. The molecular formula is C11H12NO4S+. The quantitative estimate of drug-likeness (QED) is 0.894. The summed E-state index contributed by atoms with van der Waals surface area (Å²) < 4.78 is 27.7. The summed E-state index contributed by atoms with van der Waals surface area (Å²) in [6.45, 7) is -0.223. The molecule has 0 saturated carbocycles. The van der Waals surface area contributed by atoms with E-state index in [1.165, 1.54) is 18.5 Å². The second kappa shape index (κ2) is 4.31. The standard InChI is InChI=1S/C11H11NO4S/c1-17(14,15)9-4-2-8(3-5-9)11-10(6-13)12-7-16-11/h2-5,7,13H,6H2,1H3/p+1. The number of aromatic nitrogens is 1. The van der Waals surface area contributed by atoms with Crippen LogP contribution in [0.5, 0.6) is 0 Å². The Morgan fingerprint density at radius 3 is 2.53 bits per heavy atom. The number of rotatable bonds is 3. The van der Waals surface area contributed by atoms with E-state index in [-0.39, 0.29) is 12.9 Å². The first kappa shape index (κ1) is 11.8. The average Bonchev–Trinajstić information content (AvgIpc) is 2.76. The summed E-state index contributed by atoms with van der Waals surface area (Å²) >= 11 is 0. The first-order valence-electron chi connectivity index (χ1n) is 4.86. The number of aliphatic hydroxyl groups excluding tert-OH is 1. The lowest BCUT2D eigenvalue weighted by molar-refractivity contribution is 0.277. The van der Waals surface area contributed by atoms with Crippen molar-refractivity contribution in [3.63, 3.8) is 0 Å². The van der Waals surface area contributed by atoms with Gasteiger partial charge in [0.15, 0.2) is 22.0 Å². The Morgan fingerprint density at radius 2 is 2.00 bits per heavy atom. The van der Waals surface area contributed by atoms with E-state index >= 15 is 0 Å². The van der Waals surface area contributed by atoms with E-state index in [2.05, 4.69) is 4.98 Å². The number of oxazole rings is 1. The molecule has 0 radical (unpaired) electrons. The fraction of sp³-hybridized carbons (Fsp3) is 0.182. The van der Waals surface area contributed by atoms with E-state index in [1.54, 1.807) is 12.1 Å². The molecule has 0 fully saturated rings. The monoisotopic (exact) mass is 254 g/mol. The zero-order valence-electron chi connectivity index (χ0n) is 10.1. The maximum atomic E-state index is 11.3. The molecule has 0 aliphatic heterocycles. The Labute approximate surface area is 100 Å². The van der Waals surface area contributed by atoms with Gasteiger partial charge in [0.25, 0.3) is 0 Å². The molecule has 0 aliphatic rings. The number of hydrogen-bond donors (Lipinski definition) is 1. The van der Waals surface area contributed by atoms with E-state index in [0.29, 0.717) is 17.0 Å². The van der Waals surface area contributed by atoms with Crippen LogP contribution in [-0.2, 0) is 16.4 Å². The Balaban J connectivity index is 0.00000162. The molecule has 0 spiro atoms. The molecule has 17 heavy (non-hydrogen) atoms. The molecule has 2 rings (SSSR count). The van der Waals surface area contributed by atoms with Crippen molar-refractivity contribution in [2.24, 2.45) is 0 Å². The number of aliphatic hydroxyl groups is 1. The molecule has 1 heterocycles. The van der Waals surface area contributed by atoms with Gasteiger partial charge in [-0.05, 0) is 24.3 Å². The Morgan fingerprint density at radius 1 is 1.35 bits per heavy atom. The fourth-order valence-electron chi connectivity index (χ4n) is 1.47. The molecule has 1 aromatic carbocycles. The third kappa shape index (κ3) is 2.37. The van der Waals surface area contributed by atoms with Crippen molar-refractivity contribution in [2.75, 3.05) is 6.26 Å². The molecule has 0 saturated heterocycles. The van der Waals surface area contributed by atoms with Crippen molar-refractivity contribution >= 4 is 9.84 Å². The van der Waals surface area contributed by atoms with Crippen molar-refractivity contribution in [2.45, 2.75) is 11.5 Å². The Kier molecular flexibility index (Phi) is 2.99. The molecule has 6 heteroatoms. The van der Waals surface area contributed by atoms with Gasteiger partial charge in [-0.1, -0.05) is 0 Å². The summed E-state index contributed by atoms with van der Waals surface area (Å²) in [6.07, 6.45) is 2.39. The van der Waals surface area contributed by atoms with Gasteiger partial charge in [0.1, 0.15) is 5.69 Å². The van der Waals surface area contributed by atoms with Crippen LogP contribution in [0, 0.1) is 0 Å². The summed E-state index contributed by atoms with van der Waals surface area (Å²) in [5, 5.41) is 9.03. The first-order valence-corrected chi connectivity index (χ1v) is 6.75. The van der Waals surface area contributed by atoms with Gasteiger partial charge in [-0.3, -0.25) is 0 Å². The number of sulfone groups is 1. The van der Waals surface area contributed by atoms with Crippen LogP contribution in [0.4, 0.5) is 0 Å². The molecule has 0 unspecified atom stereocenters. The molecular weight excluding hydrogens is 242 g/mol. The maximum Gasteiger partial charge on any atom is 1.00 e. The van der Waals surface area contributed by atoms with Crippen LogP contribution in [0.15, 0.2) is 40.0 Å². The minimum absolute atomic E-state index is 0. The van der Waals surface area contributed by atoms with Gasteiger partial charge >= 0.3 is 1.43 Å². The molecule has 0 atom stereocenters. The lowest BCUT2D eigenvalue weighted by Crippen LogP contribution is -1.96. The normalized spacial score (nSPS) is 11.6. The number of nitrogens with zero attached hydrogens (tertiary/aromatic N) is 1. The zero-order valence-corrected chi connectivity index (χ0v) is 9.94. The van der Waals surface area contributed by atoms with Crippen LogP contribution in [0.2, 0.25) is 0 Å². The summed E-state index contributed by atoms with van der Waals surface area (Å²) in [4.78, 5) is 4.09. The number of hydrogen-bond acceptors (Lipinski definition) is 5. The topological polar surface area (TPSA) is 80.4 Å². The highest BCUT2D eigenvalue weighted by atomic mass is 32.2. The number of benzene rings is 1. The summed E-state index contributed by atoms with van der Waals surface area (Å²) in [7, 11) is -3.20. The van der Waals surface area contributed by atoms with Crippen molar-refractivity contribution in [3.8, 4) is 11.3 Å². The van der Waals surface area contributed by atoms with Gasteiger partial charge in [0.05, 0.1) is 11.5 Å². The van der Waals surface area contributed by atoms with E-state index in [9.17, 15) is 8.42 Å². The molecule has 0 amide bonds. The van der Waals surface area contributed by atoms with Gasteiger partial charge in [-0.15, -0.1) is 0 Å². The van der Waals surface area contributed by atoms with Gasteiger partial charge in [0.2, 0.25) is 0 Å².